The number of pyridine rings is 1. The van der Waals surface area contributed by atoms with Gasteiger partial charge >= 0.3 is 0 Å². The molecule has 10 heavy (non-hydrogen) atoms. The predicted molar refractivity (Wildman–Crippen MR) is 40.7 cm³/mol. The molecule has 0 amide bonds. The highest BCUT2D eigenvalue weighted by molar-refractivity contribution is 9.10. The molecule has 0 aliphatic rings. The van der Waals surface area contributed by atoms with Crippen LogP contribution in [0.25, 0.3) is 5.65 Å². The fourth-order valence-corrected chi connectivity index (χ4v) is 1.16. The van der Waals surface area contributed by atoms with Crippen LogP contribution in [0.5, 0.6) is 0 Å². The largest absolute Gasteiger partial charge is 0.220 e. The van der Waals surface area contributed by atoms with Gasteiger partial charge in [0.05, 0.1) is 0 Å². The van der Waals surface area contributed by atoms with E-state index < -0.39 is 0 Å². The molecule has 0 aromatic carbocycles. The van der Waals surface area contributed by atoms with Gasteiger partial charge in [-0.05, 0) is 28.1 Å². The Labute approximate surface area is 65.8 Å². The first-order valence-corrected chi connectivity index (χ1v) is 3.62. The van der Waals surface area contributed by atoms with Crippen molar-refractivity contribution in [1.82, 2.24) is 14.6 Å². The number of fused-ring (bicyclic) bond motifs is 1. The molecule has 0 saturated carbocycles. The average Bonchev–Trinajstić information content (AvgIpc) is 2.27. The molecule has 0 bridgehead atoms. The predicted octanol–water partition coefficient (Wildman–Crippen LogP) is 1.49. The summed E-state index contributed by atoms with van der Waals surface area (Å²) in [7, 11) is 0. The average molecular weight is 198 g/mol. The van der Waals surface area contributed by atoms with Gasteiger partial charge in [0.15, 0.2) is 5.65 Å². The second-order valence-corrected chi connectivity index (χ2v) is 2.59. The normalized spacial score (nSPS) is 10.5. The maximum Gasteiger partial charge on any atom is 0.218 e. The molecule has 0 spiro atoms. The summed E-state index contributed by atoms with van der Waals surface area (Å²) in [5.41, 5.74) is 0.856. The highest BCUT2D eigenvalue weighted by atomic mass is 79.9. The summed E-state index contributed by atoms with van der Waals surface area (Å²) in [6, 6.07) is 5.74. The van der Waals surface area contributed by atoms with Gasteiger partial charge in [0.1, 0.15) is 0 Å². The van der Waals surface area contributed by atoms with Crippen molar-refractivity contribution >= 4 is 21.6 Å². The summed E-state index contributed by atoms with van der Waals surface area (Å²) in [5, 5.41) is 4.04. The molecule has 0 saturated heterocycles. The quantitative estimate of drug-likeness (QED) is 0.641. The van der Waals surface area contributed by atoms with Crippen LogP contribution >= 0.6 is 15.9 Å². The molecule has 0 aliphatic carbocycles. The van der Waals surface area contributed by atoms with E-state index in [4.69, 9.17) is 0 Å². The van der Waals surface area contributed by atoms with Crippen LogP contribution in [-0.4, -0.2) is 14.6 Å². The van der Waals surface area contributed by atoms with Crippen LogP contribution in [0, 0.1) is 0 Å². The van der Waals surface area contributed by atoms with Gasteiger partial charge in [0, 0.05) is 6.20 Å². The lowest BCUT2D eigenvalue weighted by atomic mass is 10.5. The molecule has 2 aromatic heterocycles. The highest BCUT2D eigenvalue weighted by Crippen LogP contribution is 2.04. The Kier molecular flexibility index (Phi) is 1.20. The number of hydrogen-bond donors (Lipinski definition) is 0. The lowest BCUT2D eigenvalue weighted by molar-refractivity contribution is 0.946. The van der Waals surface area contributed by atoms with E-state index in [0.29, 0.717) is 4.73 Å². The lowest BCUT2D eigenvalue weighted by Gasteiger charge is -1.84. The molecular formula is C6H4BrN3. The van der Waals surface area contributed by atoms with Gasteiger partial charge in [-0.15, -0.1) is 5.10 Å². The van der Waals surface area contributed by atoms with Crippen LogP contribution in [0.3, 0.4) is 0 Å². The lowest BCUT2D eigenvalue weighted by Crippen LogP contribution is -1.82. The molecule has 0 unspecified atom stereocenters. The van der Waals surface area contributed by atoms with Gasteiger partial charge in [0.2, 0.25) is 4.73 Å². The SMILES string of the molecule is Brc1nc2ccccn2n1. The molecule has 0 atom stereocenters. The number of nitrogens with zero attached hydrogens (tertiary/aromatic N) is 3. The van der Waals surface area contributed by atoms with Crippen LogP contribution in [0.4, 0.5) is 0 Å². The molecule has 0 aliphatic heterocycles. The fraction of sp³-hybridized carbons (Fsp3) is 0. The summed E-state index contributed by atoms with van der Waals surface area (Å²) in [6.45, 7) is 0. The van der Waals surface area contributed by atoms with Crippen molar-refractivity contribution in [2.45, 2.75) is 0 Å². The first-order valence-electron chi connectivity index (χ1n) is 2.83. The molecule has 0 N–H and O–H groups in total. The monoisotopic (exact) mass is 197 g/mol. The van der Waals surface area contributed by atoms with Crippen LogP contribution in [0.1, 0.15) is 0 Å². The van der Waals surface area contributed by atoms with Crippen LogP contribution in [0.2, 0.25) is 0 Å². The Morgan fingerprint density at radius 1 is 1.40 bits per heavy atom. The summed E-state index contributed by atoms with van der Waals surface area (Å²) in [4.78, 5) is 4.08. The van der Waals surface area contributed by atoms with Gasteiger partial charge in [0.25, 0.3) is 0 Å². The van der Waals surface area contributed by atoms with Crippen molar-refractivity contribution in [3.63, 3.8) is 0 Å². The highest BCUT2D eigenvalue weighted by Gasteiger charge is 1.95. The van der Waals surface area contributed by atoms with E-state index in [2.05, 4.69) is 26.0 Å². The van der Waals surface area contributed by atoms with Gasteiger partial charge < -0.3 is 0 Å². The van der Waals surface area contributed by atoms with E-state index in [9.17, 15) is 0 Å². The smallest absolute Gasteiger partial charge is 0.218 e. The molecule has 0 radical (unpaired) electrons. The van der Waals surface area contributed by atoms with E-state index in [1.165, 1.54) is 0 Å². The number of hydrogen-bond acceptors (Lipinski definition) is 2. The van der Waals surface area contributed by atoms with E-state index >= 15 is 0 Å². The van der Waals surface area contributed by atoms with Crippen LogP contribution in [-0.2, 0) is 0 Å². The fourth-order valence-electron chi connectivity index (χ4n) is 0.804. The van der Waals surface area contributed by atoms with E-state index in [1.807, 2.05) is 24.4 Å². The first-order chi connectivity index (χ1) is 4.86. The number of aromatic nitrogens is 3. The van der Waals surface area contributed by atoms with Crippen molar-refractivity contribution in [2.24, 2.45) is 0 Å². The summed E-state index contributed by atoms with van der Waals surface area (Å²) < 4.78 is 2.34. The molecular weight excluding hydrogens is 194 g/mol. The zero-order valence-corrected chi connectivity index (χ0v) is 6.62. The van der Waals surface area contributed by atoms with Crippen molar-refractivity contribution in [3.05, 3.63) is 29.1 Å². The van der Waals surface area contributed by atoms with Gasteiger partial charge in [-0.3, -0.25) is 0 Å². The van der Waals surface area contributed by atoms with Gasteiger partial charge in [-0.25, -0.2) is 9.50 Å². The van der Waals surface area contributed by atoms with E-state index in [1.54, 1.807) is 4.52 Å². The van der Waals surface area contributed by atoms with Crippen molar-refractivity contribution in [1.29, 1.82) is 0 Å². The molecule has 2 rings (SSSR count). The van der Waals surface area contributed by atoms with Gasteiger partial charge in [-0.1, -0.05) is 6.07 Å². The molecule has 0 fully saturated rings. The van der Waals surface area contributed by atoms with Crippen molar-refractivity contribution in [2.75, 3.05) is 0 Å². The Hall–Kier alpha value is -0.900. The Morgan fingerprint density at radius 3 is 3.10 bits per heavy atom. The van der Waals surface area contributed by atoms with E-state index in [0.717, 1.165) is 5.65 Å². The van der Waals surface area contributed by atoms with Crippen molar-refractivity contribution in [3.8, 4) is 0 Å². The molecule has 50 valence electrons. The maximum absolute atomic E-state index is 4.08. The Morgan fingerprint density at radius 2 is 2.30 bits per heavy atom. The van der Waals surface area contributed by atoms with Crippen molar-refractivity contribution < 1.29 is 0 Å². The summed E-state index contributed by atoms with van der Waals surface area (Å²) in [6.07, 6.45) is 1.85. The van der Waals surface area contributed by atoms with E-state index in [-0.39, 0.29) is 0 Å². The minimum atomic E-state index is 0.624. The standard InChI is InChI=1S/C6H4BrN3/c7-6-8-5-3-1-2-4-10(5)9-6/h1-4H. The maximum atomic E-state index is 4.08. The molecule has 2 aromatic rings. The summed E-state index contributed by atoms with van der Waals surface area (Å²) in [5.74, 6) is 0. The van der Waals surface area contributed by atoms with Gasteiger partial charge in [-0.2, -0.15) is 0 Å². The Balaban J connectivity index is 2.88. The Bertz CT molecular complexity index is 322. The second-order valence-electron chi connectivity index (χ2n) is 1.88. The molecule has 3 nitrogen and oxygen atoms in total. The minimum absolute atomic E-state index is 0.624. The molecule has 2 heterocycles. The third-order valence-electron chi connectivity index (χ3n) is 1.22. The minimum Gasteiger partial charge on any atom is -0.220 e. The topological polar surface area (TPSA) is 30.2 Å². The zero-order valence-electron chi connectivity index (χ0n) is 5.03. The molecule has 4 heteroatoms. The van der Waals surface area contributed by atoms with Crippen LogP contribution in [0.15, 0.2) is 29.1 Å². The number of rotatable bonds is 0. The number of halogens is 1. The first kappa shape index (κ1) is 5.85. The second kappa shape index (κ2) is 2.05. The zero-order chi connectivity index (χ0) is 6.97. The third kappa shape index (κ3) is 0.806. The van der Waals surface area contributed by atoms with Crippen LogP contribution < -0.4 is 0 Å². The summed E-state index contributed by atoms with van der Waals surface area (Å²) >= 11 is 3.18. The third-order valence-corrected chi connectivity index (χ3v) is 1.55.